The number of amides is 2. The standard InChI is InChI=1S/C18H23N4O2/c23-16-14-4-1-2-5-15(14)17(24)21(16)6-3-11-22-12-9-19-7-8-20(10-13-22)18(19)22/h1-2,4-5,18H,3,6-13H2/q+1. The summed E-state index contributed by atoms with van der Waals surface area (Å²) in [4.78, 5) is 31.6. The average Bonchev–Trinajstić information content (AvgIpc) is 3.31. The molecule has 3 saturated heterocycles. The van der Waals surface area contributed by atoms with Crippen molar-refractivity contribution < 1.29 is 14.1 Å². The number of carbonyl (C=O) groups excluding carboxylic acids is 2. The van der Waals surface area contributed by atoms with E-state index in [1.807, 2.05) is 12.1 Å². The molecule has 0 saturated carbocycles. The Morgan fingerprint density at radius 3 is 2.08 bits per heavy atom. The van der Waals surface area contributed by atoms with E-state index in [1.165, 1.54) is 44.2 Å². The minimum absolute atomic E-state index is 0.123. The van der Waals surface area contributed by atoms with Crippen LogP contribution in [-0.2, 0) is 0 Å². The molecular weight excluding hydrogens is 304 g/mol. The van der Waals surface area contributed by atoms with Crippen LogP contribution in [0.2, 0.25) is 0 Å². The summed E-state index contributed by atoms with van der Waals surface area (Å²) in [6.07, 6.45) is 1.45. The number of quaternary nitrogens is 1. The number of hydrogen-bond donors (Lipinski definition) is 0. The highest BCUT2D eigenvalue weighted by molar-refractivity contribution is 6.21. The monoisotopic (exact) mass is 327 g/mol. The summed E-state index contributed by atoms with van der Waals surface area (Å²) in [5, 5.41) is 0. The maximum Gasteiger partial charge on any atom is 0.261 e. The van der Waals surface area contributed by atoms with Crippen LogP contribution in [0.15, 0.2) is 24.3 Å². The normalized spacial score (nSPS) is 32.0. The molecular formula is C18H23N4O2+. The molecule has 5 rings (SSSR count). The Hall–Kier alpha value is -1.76. The van der Waals surface area contributed by atoms with E-state index in [1.54, 1.807) is 12.1 Å². The van der Waals surface area contributed by atoms with Gasteiger partial charge in [-0.1, -0.05) is 12.1 Å². The van der Waals surface area contributed by atoms with E-state index in [9.17, 15) is 9.59 Å². The minimum Gasteiger partial charge on any atom is -0.293 e. The fourth-order valence-corrected chi connectivity index (χ4v) is 5.19. The molecule has 4 aliphatic heterocycles. The first-order chi connectivity index (χ1) is 11.7. The summed E-state index contributed by atoms with van der Waals surface area (Å²) < 4.78 is 1.14. The average molecular weight is 327 g/mol. The van der Waals surface area contributed by atoms with Gasteiger partial charge in [-0.15, -0.1) is 0 Å². The van der Waals surface area contributed by atoms with Gasteiger partial charge in [0.2, 0.25) is 6.29 Å². The van der Waals surface area contributed by atoms with Crippen LogP contribution < -0.4 is 0 Å². The Balaban J connectivity index is 1.27. The van der Waals surface area contributed by atoms with Gasteiger partial charge >= 0.3 is 0 Å². The van der Waals surface area contributed by atoms with Crippen molar-refractivity contribution in [1.82, 2.24) is 14.7 Å². The van der Waals surface area contributed by atoms with Gasteiger partial charge in [-0.2, -0.15) is 0 Å². The molecule has 126 valence electrons. The molecule has 0 unspecified atom stereocenters. The number of rotatable bonds is 4. The van der Waals surface area contributed by atoms with Crippen molar-refractivity contribution in [2.45, 2.75) is 12.7 Å². The van der Waals surface area contributed by atoms with E-state index >= 15 is 0 Å². The third kappa shape index (κ3) is 1.87. The van der Waals surface area contributed by atoms with E-state index in [-0.39, 0.29) is 11.8 Å². The second-order valence-corrected chi connectivity index (χ2v) is 7.47. The van der Waals surface area contributed by atoms with Crippen molar-refractivity contribution >= 4 is 11.8 Å². The number of carbonyl (C=O) groups is 2. The molecule has 0 bridgehead atoms. The summed E-state index contributed by atoms with van der Waals surface area (Å²) >= 11 is 0. The van der Waals surface area contributed by atoms with Crippen LogP contribution in [-0.4, -0.2) is 89.6 Å². The first kappa shape index (κ1) is 14.6. The van der Waals surface area contributed by atoms with Crippen LogP contribution in [0.5, 0.6) is 0 Å². The number of nitrogens with zero attached hydrogens (tertiary/aromatic N) is 4. The Bertz CT molecular complexity index is 668. The van der Waals surface area contributed by atoms with Gasteiger partial charge in [0.05, 0.1) is 43.9 Å². The van der Waals surface area contributed by atoms with E-state index in [0.717, 1.165) is 17.4 Å². The fourth-order valence-electron chi connectivity index (χ4n) is 5.19. The molecule has 1 aromatic rings. The highest BCUT2D eigenvalue weighted by Crippen LogP contribution is 2.36. The van der Waals surface area contributed by atoms with Gasteiger partial charge in [0, 0.05) is 26.1 Å². The number of fused-ring (bicyclic) bond motifs is 1. The number of hydrogen-bond acceptors (Lipinski definition) is 4. The van der Waals surface area contributed by atoms with Crippen LogP contribution in [0.3, 0.4) is 0 Å². The van der Waals surface area contributed by atoms with Crippen molar-refractivity contribution in [3.63, 3.8) is 0 Å². The lowest BCUT2D eigenvalue weighted by Gasteiger charge is -2.35. The van der Waals surface area contributed by atoms with E-state index in [2.05, 4.69) is 9.80 Å². The molecule has 0 spiro atoms. The zero-order valence-corrected chi connectivity index (χ0v) is 13.9. The Morgan fingerprint density at radius 1 is 0.917 bits per heavy atom. The molecule has 3 fully saturated rings. The van der Waals surface area contributed by atoms with Gasteiger partial charge in [0.1, 0.15) is 0 Å². The van der Waals surface area contributed by atoms with Crippen molar-refractivity contribution in [2.24, 2.45) is 0 Å². The predicted octanol–water partition coefficient (Wildman–Crippen LogP) is 0.418. The topological polar surface area (TPSA) is 43.9 Å². The van der Waals surface area contributed by atoms with Gasteiger partial charge in [0.25, 0.3) is 11.8 Å². The zero-order chi connectivity index (χ0) is 16.3. The molecule has 4 heterocycles. The largest absolute Gasteiger partial charge is 0.293 e. The minimum atomic E-state index is -0.123. The van der Waals surface area contributed by atoms with E-state index < -0.39 is 0 Å². The third-order valence-corrected chi connectivity index (χ3v) is 6.35. The van der Waals surface area contributed by atoms with Gasteiger partial charge in [-0.25, -0.2) is 9.80 Å². The maximum atomic E-state index is 12.5. The molecule has 6 heteroatoms. The van der Waals surface area contributed by atoms with Gasteiger partial charge in [0.15, 0.2) is 0 Å². The first-order valence-corrected chi connectivity index (χ1v) is 8.99. The van der Waals surface area contributed by atoms with Gasteiger partial charge in [-0.05, 0) is 12.1 Å². The Morgan fingerprint density at radius 2 is 1.50 bits per heavy atom. The molecule has 0 aromatic heterocycles. The van der Waals surface area contributed by atoms with Gasteiger partial charge in [-0.3, -0.25) is 19.0 Å². The molecule has 4 aliphatic rings. The Labute approximate surface area is 141 Å². The van der Waals surface area contributed by atoms with Crippen LogP contribution in [0.1, 0.15) is 27.1 Å². The third-order valence-electron chi connectivity index (χ3n) is 6.35. The summed E-state index contributed by atoms with van der Waals surface area (Å²) in [5.41, 5.74) is 1.12. The second-order valence-electron chi connectivity index (χ2n) is 7.47. The highest BCUT2D eigenvalue weighted by atomic mass is 16.2. The highest BCUT2D eigenvalue weighted by Gasteiger charge is 2.57. The van der Waals surface area contributed by atoms with Crippen molar-refractivity contribution in [2.75, 3.05) is 52.4 Å². The smallest absolute Gasteiger partial charge is 0.261 e. The summed E-state index contributed by atoms with van der Waals surface area (Å²) in [5.74, 6) is -0.245. The zero-order valence-electron chi connectivity index (χ0n) is 13.9. The van der Waals surface area contributed by atoms with Crippen molar-refractivity contribution in [3.05, 3.63) is 35.4 Å². The van der Waals surface area contributed by atoms with Crippen molar-refractivity contribution in [1.29, 1.82) is 0 Å². The molecule has 2 amide bonds. The Kier molecular flexibility index (Phi) is 3.11. The number of imide groups is 1. The molecule has 0 N–H and O–H groups in total. The van der Waals surface area contributed by atoms with E-state index in [4.69, 9.17) is 0 Å². The van der Waals surface area contributed by atoms with Crippen LogP contribution in [0, 0.1) is 0 Å². The molecule has 0 atom stereocenters. The summed E-state index contributed by atoms with van der Waals surface area (Å²) in [6, 6.07) is 7.16. The summed E-state index contributed by atoms with van der Waals surface area (Å²) in [6.45, 7) is 8.80. The fraction of sp³-hybridized carbons (Fsp3) is 0.556. The lowest BCUT2D eigenvalue weighted by molar-refractivity contribution is -0.936. The van der Waals surface area contributed by atoms with Crippen LogP contribution >= 0.6 is 0 Å². The quantitative estimate of drug-likeness (QED) is 0.594. The molecule has 0 aliphatic carbocycles. The van der Waals surface area contributed by atoms with Gasteiger partial charge < -0.3 is 0 Å². The molecule has 24 heavy (non-hydrogen) atoms. The first-order valence-electron chi connectivity index (χ1n) is 8.99. The van der Waals surface area contributed by atoms with Crippen LogP contribution in [0.25, 0.3) is 0 Å². The predicted molar refractivity (Wildman–Crippen MR) is 88.2 cm³/mol. The second kappa shape index (κ2) is 5.12. The molecule has 1 aromatic carbocycles. The maximum absolute atomic E-state index is 12.5. The SMILES string of the molecule is O=C1c2ccccc2C(=O)N1CCC[N+]12CCN3CCN(CC1)C32. The van der Waals surface area contributed by atoms with Crippen LogP contribution in [0.4, 0.5) is 0 Å². The lowest BCUT2D eigenvalue weighted by atomic mass is 10.1. The van der Waals surface area contributed by atoms with Crippen molar-refractivity contribution in [3.8, 4) is 0 Å². The molecule has 6 nitrogen and oxygen atoms in total. The molecule has 0 radical (unpaired) electrons. The number of benzene rings is 1. The lowest BCUT2D eigenvalue weighted by Crippen LogP contribution is -2.53. The van der Waals surface area contributed by atoms with E-state index in [0.29, 0.717) is 24.0 Å². The summed E-state index contributed by atoms with van der Waals surface area (Å²) in [7, 11) is 0.